The molecule has 2 rings (SSSR count). The van der Waals surface area contributed by atoms with Crippen molar-refractivity contribution in [2.45, 2.75) is 49.5 Å². The van der Waals surface area contributed by atoms with E-state index in [1.807, 2.05) is 0 Å². The van der Waals surface area contributed by atoms with Gasteiger partial charge in [-0.25, -0.2) is 17.9 Å². The van der Waals surface area contributed by atoms with Gasteiger partial charge in [0.15, 0.2) is 0 Å². The molecule has 0 radical (unpaired) electrons. The summed E-state index contributed by atoms with van der Waals surface area (Å²) in [5.41, 5.74) is -0.463. The molecule has 1 aliphatic rings. The number of nitrogens with one attached hydrogen (secondary N) is 1. The second-order valence-electron chi connectivity index (χ2n) is 5.49. The third-order valence-corrected chi connectivity index (χ3v) is 6.83. The summed E-state index contributed by atoms with van der Waals surface area (Å²) < 4.78 is 27.7. The molecule has 21 heavy (non-hydrogen) atoms. The van der Waals surface area contributed by atoms with E-state index >= 15 is 0 Å². The molecule has 0 amide bonds. The minimum absolute atomic E-state index is 0.182. The van der Waals surface area contributed by atoms with Crippen LogP contribution in [0.15, 0.2) is 10.3 Å². The number of aromatic carboxylic acids is 1. The van der Waals surface area contributed by atoms with Crippen LogP contribution >= 0.6 is 11.3 Å². The number of hydrogen-bond acceptors (Lipinski definition) is 5. The van der Waals surface area contributed by atoms with E-state index in [-0.39, 0.29) is 16.4 Å². The van der Waals surface area contributed by atoms with E-state index in [0.29, 0.717) is 18.4 Å². The zero-order valence-electron chi connectivity index (χ0n) is 11.8. The van der Waals surface area contributed by atoms with Gasteiger partial charge in [-0.2, -0.15) is 0 Å². The fourth-order valence-electron chi connectivity index (χ4n) is 2.77. The fraction of sp³-hybridized carbons (Fsp3) is 0.615. The van der Waals surface area contributed by atoms with E-state index in [0.717, 1.165) is 30.6 Å². The molecular formula is C13H19NO5S2. The Hall–Kier alpha value is -0.960. The lowest BCUT2D eigenvalue weighted by Crippen LogP contribution is -2.52. The zero-order chi connectivity index (χ0) is 15.7. The molecular weight excluding hydrogens is 314 g/mol. The lowest BCUT2D eigenvalue weighted by atomic mass is 9.83. The van der Waals surface area contributed by atoms with Crippen molar-refractivity contribution in [3.8, 4) is 0 Å². The van der Waals surface area contributed by atoms with Gasteiger partial charge >= 0.3 is 5.97 Å². The molecule has 8 heteroatoms. The Labute approximate surface area is 127 Å². The standard InChI is InChI=1S/C13H19NO5S2/c1-9-7-20-10(12(16)17)11(9)21(18,19)14-13(8-15)5-3-2-4-6-13/h7,14-15H,2-6,8H2,1H3,(H,16,17). The molecule has 6 nitrogen and oxygen atoms in total. The molecule has 0 bridgehead atoms. The highest BCUT2D eigenvalue weighted by atomic mass is 32.2. The van der Waals surface area contributed by atoms with Gasteiger partial charge in [-0.05, 0) is 30.7 Å². The Morgan fingerprint density at radius 1 is 1.38 bits per heavy atom. The first-order valence-corrected chi connectivity index (χ1v) is 9.14. The van der Waals surface area contributed by atoms with Crippen LogP contribution in [0, 0.1) is 6.92 Å². The van der Waals surface area contributed by atoms with Crippen molar-refractivity contribution in [3.63, 3.8) is 0 Å². The summed E-state index contributed by atoms with van der Waals surface area (Å²) >= 11 is 0.898. The van der Waals surface area contributed by atoms with E-state index < -0.39 is 21.5 Å². The average Bonchev–Trinajstić information content (AvgIpc) is 2.82. The number of thiophene rings is 1. The SMILES string of the molecule is Cc1csc(C(=O)O)c1S(=O)(=O)NC1(CO)CCCCC1. The van der Waals surface area contributed by atoms with Crippen molar-refractivity contribution in [3.05, 3.63) is 15.8 Å². The Morgan fingerprint density at radius 2 is 2.00 bits per heavy atom. The number of aliphatic hydroxyl groups is 1. The van der Waals surface area contributed by atoms with E-state index in [9.17, 15) is 18.3 Å². The number of aliphatic hydroxyl groups excluding tert-OH is 1. The quantitative estimate of drug-likeness (QED) is 0.761. The molecule has 0 aromatic carbocycles. The Morgan fingerprint density at radius 3 is 2.52 bits per heavy atom. The maximum atomic E-state index is 12.6. The molecule has 1 aromatic heterocycles. The lowest BCUT2D eigenvalue weighted by molar-refractivity contribution is 0.0698. The lowest BCUT2D eigenvalue weighted by Gasteiger charge is -2.36. The van der Waals surface area contributed by atoms with Crippen LogP contribution in [0.25, 0.3) is 0 Å². The number of sulfonamides is 1. The van der Waals surface area contributed by atoms with Crippen LogP contribution in [0.3, 0.4) is 0 Å². The molecule has 0 aliphatic heterocycles. The van der Waals surface area contributed by atoms with Crippen LogP contribution in [-0.4, -0.2) is 36.7 Å². The molecule has 118 valence electrons. The largest absolute Gasteiger partial charge is 0.477 e. The van der Waals surface area contributed by atoms with Gasteiger partial charge in [0.1, 0.15) is 9.77 Å². The molecule has 0 saturated heterocycles. The van der Waals surface area contributed by atoms with Crippen molar-refractivity contribution < 1.29 is 23.4 Å². The van der Waals surface area contributed by atoms with Gasteiger partial charge in [-0.3, -0.25) is 0 Å². The molecule has 1 fully saturated rings. The van der Waals surface area contributed by atoms with Gasteiger partial charge < -0.3 is 10.2 Å². The summed E-state index contributed by atoms with van der Waals surface area (Å²) in [5.74, 6) is -1.25. The molecule has 1 aromatic rings. The summed E-state index contributed by atoms with van der Waals surface area (Å²) in [6, 6.07) is 0. The van der Waals surface area contributed by atoms with Crippen LogP contribution in [0.4, 0.5) is 0 Å². The summed E-state index contributed by atoms with van der Waals surface area (Å²) in [4.78, 5) is 10.8. The van der Waals surface area contributed by atoms with Gasteiger partial charge in [0.2, 0.25) is 10.0 Å². The summed E-state index contributed by atoms with van der Waals surface area (Å²) in [6.45, 7) is 1.29. The summed E-state index contributed by atoms with van der Waals surface area (Å²) in [6.07, 6.45) is 3.83. The van der Waals surface area contributed by atoms with Crippen molar-refractivity contribution >= 4 is 27.3 Å². The van der Waals surface area contributed by atoms with Crippen LogP contribution in [0.2, 0.25) is 0 Å². The number of carboxylic acid groups (broad SMARTS) is 1. The number of rotatable bonds is 5. The third kappa shape index (κ3) is 3.28. The van der Waals surface area contributed by atoms with Crippen molar-refractivity contribution in [2.24, 2.45) is 0 Å². The van der Waals surface area contributed by atoms with Crippen molar-refractivity contribution in [1.29, 1.82) is 0 Å². The molecule has 0 spiro atoms. The first-order valence-electron chi connectivity index (χ1n) is 6.77. The predicted octanol–water partition coefficient (Wildman–Crippen LogP) is 1.73. The summed E-state index contributed by atoms with van der Waals surface area (Å²) in [7, 11) is -3.97. The highest BCUT2D eigenvalue weighted by molar-refractivity contribution is 7.89. The second kappa shape index (κ2) is 6.04. The molecule has 3 N–H and O–H groups in total. The number of aryl methyl sites for hydroxylation is 1. The maximum absolute atomic E-state index is 12.6. The molecule has 1 heterocycles. The van der Waals surface area contributed by atoms with Crippen LogP contribution in [0.5, 0.6) is 0 Å². The second-order valence-corrected chi connectivity index (χ2v) is 7.99. The highest BCUT2D eigenvalue weighted by Gasteiger charge is 2.38. The molecule has 1 saturated carbocycles. The van der Waals surface area contributed by atoms with Crippen LogP contribution in [-0.2, 0) is 10.0 Å². The van der Waals surface area contributed by atoms with Gasteiger partial charge in [-0.1, -0.05) is 19.3 Å². The van der Waals surface area contributed by atoms with Crippen LogP contribution in [0.1, 0.15) is 47.3 Å². The minimum Gasteiger partial charge on any atom is -0.477 e. The van der Waals surface area contributed by atoms with Gasteiger partial charge in [-0.15, -0.1) is 11.3 Å². The molecule has 0 unspecified atom stereocenters. The fourth-order valence-corrected chi connectivity index (χ4v) is 5.86. The third-order valence-electron chi connectivity index (χ3n) is 3.85. The molecule has 1 aliphatic carbocycles. The topological polar surface area (TPSA) is 104 Å². The van der Waals surface area contributed by atoms with Crippen molar-refractivity contribution in [1.82, 2.24) is 4.72 Å². The monoisotopic (exact) mass is 333 g/mol. The minimum atomic E-state index is -3.97. The predicted molar refractivity (Wildman–Crippen MR) is 79.2 cm³/mol. The van der Waals surface area contributed by atoms with E-state index in [1.54, 1.807) is 6.92 Å². The molecule has 0 atom stereocenters. The number of hydrogen-bond donors (Lipinski definition) is 3. The Bertz CT molecular complexity index is 629. The first kappa shape index (κ1) is 16.4. The first-order chi connectivity index (χ1) is 9.81. The average molecular weight is 333 g/mol. The highest BCUT2D eigenvalue weighted by Crippen LogP contribution is 2.32. The maximum Gasteiger partial charge on any atom is 0.347 e. The van der Waals surface area contributed by atoms with Gasteiger partial charge in [0, 0.05) is 0 Å². The number of carboxylic acids is 1. The summed E-state index contributed by atoms with van der Waals surface area (Å²) in [5, 5.41) is 20.3. The van der Waals surface area contributed by atoms with Crippen molar-refractivity contribution in [2.75, 3.05) is 6.61 Å². The van der Waals surface area contributed by atoms with E-state index in [1.165, 1.54) is 5.38 Å². The normalized spacial score (nSPS) is 18.6. The number of carbonyl (C=O) groups is 1. The van der Waals surface area contributed by atoms with Gasteiger partial charge in [0.25, 0.3) is 0 Å². The van der Waals surface area contributed by atoms with E-state index in [2.05, 4.69) is 4.72 Å². The Kier molecular flexibility index (Phi) is 4.72. The van der Waals surface area contributed by atoms with Gasteiger partial charge in [0.05, 0.1) is 12.1 Å². The smallest absolute Gasteiger partial charge is 0.347 e. The van der Waals surface area contributed by atoms with E-state index in [4.69, 9.17) is 5.11 Å². The zero-order valence-corrected chi connectivity index (χ0v) is 13.4. The Balaban J connectivity index is 2.38. The van der Waals surface area contributed by atoms with Crippen LogP contribution < -0.4 is 4.72 Å².